The van der Waals surface area contributed by atoms with Crippen molar-refractivity contribution < 1.29 is 14.5 Å². The fourth-order valence-corrected chi connectivity index (χ4v) is 3.50. The molecule has 0 atom stereocenters. The Morgan fingerprint density at radius 2 is 2.08 bits per heavy atom. The number of piperidine rings is 1. The van der Waals surface area contributed by atoms with Gasteiger partial charge in [0.2, 0.25) is 0 Å². The zero-order valence-corrected chi connectivity index (χ0v) is 15.9. The van der Waals surface area contributed by atoms with E-state index >= 15 is 0 Å². The van der Waals surface area contributed by atoms with Gasteiger partial charge in [0.25, 0.3) is 5.69 Å². The van der Waals surface area contributed by atoms with Crippen LogP contribution in [-0.2, 0) is 4.74 Å². The molecule has 26 heavy (non-hydrogen) atoms. The molecule has 2 rings (SSSR count). The van der Waals surface area contributed by atoms with Crippen molar-refractivity contribution in [2.75, 3.05) is 45.2 Å². The monoisotopic (exact) mass is 363 g/mol. The van der Waals surface area contributed by atoms with Crippen molar-refractivity contribution in [3.63, 3.8) is 0 Å². The Bertz CT molecular complexity index is 627. The normalized spacial score (nSPS) is 15.3. The van der Waals surface area contributed by atoms with Gasteiger partial charge in [0, 0.05) is 31.8 Å². The highest BCUT2D eigenvalue weighted by molar-refractivity contribution is 5.96. The van der Waals surface area contributed by atoms with Crippen LogP contribution in [0.25, 0.3) is 0 Å². The van der Waals surface area contributed by atoms with Crippen LogP contribution in [0, 0.1) is 16.0 Å². The number of methoxy groups -OCH3 is 1. The number of carbonyl (C=O) groups is 1. The van der Waals surface area contributed by atoms with Crippen molar-refractivity contribution in [1.29, 1.82) is 0 Å². The molecule has 7 nitrogen and oxygen atoms in total. The second kappa shape index (κ2) is 9.52. The molecule has 0 amide bonds. The highest BCUT2D eigenvalue weighted by Gasteiger charge is 2.25. The summed E-state index contributed by atoms with van der Waals surface area (Å²) in [6, 6.07) is 4.43. The van der Waals surface area contributed by atoms with Gasteiger partial charge in [-0.1, -0.05) is 13.3 Å². The first-order valence-corrected chi connectivity index (χ1v) is 9.26. The van der Waals surface area contributed by atoms with Gasteiger partial charge in [-0.15, -0.1) is 0 Å². The average molecular weight is 363 g/mol. The minimum atomic E-state index is -0.537. The van der Waals surface area contributed by atoms with Gasteiger partial charge < -0.3 is 14.5 Å². The third-order valence-electron chi connectivity index (χ3n) is 5.01. The number of nitrogens with zero attached hydrogens (tertiary/aromatic N) is 3. The van der Waals surface area contributed by atoms with E-state index < -0.39 is 10.9 Å². The topological polar surface area (TPSA) is 75.9 Å². The molecule has 1 aliphatic rings. The number of hydrogen-bond donors (Lipinski definition) is 0. The van der Waals surface area contributed by atoms with Crippen LogP contribution in [0.3, 0.4) is 0 Å². The molecule has 0 bridgehead atoms. The molecule has 0 aliphatic carbocycles. The summed E-state index contributed by atoms with van der Waals surface area (Å²) < 4.78 is 4.82. The Morgan fingerprint density at radius 3 is 2.65 bits per heavy atom. The summed E-state index contributed by atoms with van der Waals surface area (Å²) in [5.41, 5.74) is 0.891. The van der Waals surface area contributed by atoms with Gasteiger partial charge in [-0.25, -0.2) is 4.79 Å². The first-order chi connectivity index (χ1) is 12.5. The Hall–Kier alpha value is -2.15. The molecule has 1 aromatic carbocycles. The lowest BCUT2D eigenvalue weighted by atomic mass is 9.95. The molecule has 0 radical (unpaired) electrons. The van der Waals surface area contributed by atoms with Crippen molar-refractivity contribution >= 4 is 17.3 Å². The SMILES string of the molecule is CCCCN(C)CC1CCN(c2ccc([N+](=O)[O-])cc2C(=O)OC)CC1. The second-order valence-electron chi connectivity index (χ2n) is 7.00. The molecular formula is C19H29N3O4. The Kier molecular flexibility index (Phi) is 7.38. The van der Waals surface area contributed by atoms with E-state index in [4.69, 9.17) is 4.74 Å². The van der Waals surface area contributed by atoms with E-state index in [0.717, 1.165) is 44.7 Å². The molecular weight excluding hydrogens is 334 g/mol. The molecule has 0 aromatic heterocycles. The predicted molar refractivity (Wildman–Crippen MR) is 102 cm³/mol. The zero-order chi connectivity index (χ0) is 19.1. The van der Waals surface area contributed by atoms with E-state index in [0.29, 0.717) is 5.92 Å². The number of nitro groups is 1. The standard InChI is InChI=1S/C19H29N3O4/c1-4-5-10-20(2)14-15-8-11-21(12-9-15)18-7-6-16(22(24)25)13-17(18)19(23)26-3/h6-7,13,15H,4-5,8-12,14H2,1-3H3. The number of benzene rings is 1. The first kappa shape index (κ1) is 20.2. The molecule has 0 N–H and O–H groups in total. The largest absolute Gasteiger partial charge is 0.465 e. The number of esters is 1. The quantitative estimate of drug-likeness (QED) is 0.401. The molecule has 144 valence electrons. The second-order valence-corrected chi connectivity index (χ2v) is 7.00. The third kappa shape index (κ3) is 5.17. The third-order valence-corrected chi connectivity index (χ3v) is 5.01. The number of anilines is 1. The molecule has 1 aromatic rings. The van der Waals surface area contributed by atoms with Crippen LogP contribution in [0.4, 0.5) is 11.4 Å². The summed E-state index contributed by atoms with van der Waals surface area (Å²) in [5.74, 6) is 0.109. The van der Waals surface area contributed by atoms with E-state index in [1.165, 1.54) is 32.1 Å². The Balaban J connectivity index is 2.04. The van der Waals surface area contributed by atoms with Gasteiger partial charge in [-0.3, -0.25) is 10.1 Å². The van der Waals surface area contributed by atoms with Crippen molar-refractivity contribution in [2.24, 2.45) is 5.92 Å². The number of nitro benzene ring substituents is 1. The number of rotatable bonds is 8. The highest BCUT2D eigenvalue weighted by atomic mass is 16.6. The Labute approximate surface area is 155 Å². The van der Waals surface area contributed by atoms with Gasteiger partial charge in [0.15, 0.2) is 0 Å². The van der Waals surface area contributed by atoms with Crippen molar-refractivity contribution in [3.05, 3.63) is 33.9 Å². The molecule has 1 heterocycles. The van der Waals surface area contributed by atoms with Crippen molar-refractivity contribution in [2.45, 2.75) is 32.6 Å². The smallest absolute Gasteiger partial charge is 0.340 e. The van der Waals surface area contributed by atoms with Crippen LogP contribution in [0.2, 0.25) is 0 Å². The zero-order valence-electron chi connectivity index (χ0n) is 15.9. The first-order valence-electron chi connectivity index (χ1n) is 9.26. The van der Waals surface area contributed by atoms with Crippen LogP contribution < -0.4 is 4.90 Å². The van der Waals surface area contributed by atoms with E-state index in [1.54, 1.807) is 6.07 Å². The lowest BCUT2D eigenvalue weighted by molar-refractivity contribution is -0.384. The maximum Gasteiger partial charge on any atom is 0.340 e. The van der Waals surface area contributed by atoms with Gasteiger partial charge in [-0.2, -0.15) is 0 Å². The van der Waals surface area contributed by atoms with Crippen molar-refractivity contribution in [1.82, 2.24) is 4.90 Å². The van der Waals surface area contributed by atoms with E-state index in [2.05, 4.69) is 23.8 Å². The van der Waals surface area contributed by atoms with Crippen LogP contribution in [0.5, 0.6) is 0 Å². The maximum absolute atomic E-state index is 12.1. The molecule has 0 saturated carbocycles. The van der Waals surface area contributed by atoms with E-state index in [1.807, 2.05) is 0 Å². The lowest BCUT2D eigenvalue weighted by Gasteiger charge is -2.36. The summed E-state index contributed by atoms with van der Waals surface area (Å²) in [4.78, 5) is 27.1. The minimum Gasteiger partial charge on any atom is -0.465 e. The number of non-ortho nitro benzene ring substituents is 1. The number of unbranched alkanes of at least 4 members (excludes halogenated alkanes) is 1. The van der Waals surface area contributed by atoms with Crippen molar-refractivity contribution in [3.8, 4) is 0 Å². The molecule has 0 spiro atoms. The van der Waals surface area contributed by atoms with Crippen LogP contribution >= 0.6 is 0 Å². The van der Waals surface area contributed by atoms with Crippen LogP contribution in [-0.4, -0.2) is 56.1 Å². The molecule has 1 saturated heterocycles. The summed E-state index contributed by atoms with van der Waals surface area (Å²) in [5, 5.41) is 11.0. The minimum absolute atomic E-state index is 0.0958. The summed E-state index contributed by atoms with van der Waals surface area (Å²) in [7, 11) is 3.47. The number of hydrogen-bond acceptors (Lipinski definition) is 6. The summed E-state index contributed by atoms with van der Waals surface area (Å²) in [6.45, 7) is 6.11. The van der Waals surface area contributed by atoms with Gasteiger partial charge >= 0.3 is 5.97 Å². The Morgan fingerprint density at radius 1 is 1.38 bits per heavy atom. The van der Waals surface area contributed by atoms with Gasteiger partial charge in [0.1, 0.15) is 0 Å². The number of carbonyl (C=O) groups excluding carboxylic acids is 1. The maximum atomic E-state index is 12.1. The van der Waals surface area contributed by atoms with Crippen LogP contribution in [0.1, 0.15) is 43.0 Å². The molecule has 1 fully saturated rings. The molecule has 1 aliphatic heterocycles. The fourth-order valence-electron chi connectivity index (χ4n) is 3.50. The lowest BCUT2D eigenvalue weighted by Crippen LogP contribution is -2.38. The highest BCUT2D eigenvalue weighted by Crippen LogP contribution is 2.30. The summed E-state index contributed by atoms with van der Waals surface area (Å²) in [6.07, 6.45) is 4.53. The van der Waals surface area contributed by atoms with Gasteiger partial charge in [0.05, 0.1) is 23.3 Å². The predicted octanol–water partition coefficient (Wildman–Crippen LogP) is 3.33. The molecule has 0 unspecified atom stereocenters. The molecule has 7 heteroatoms. The average Bonchev–Trinajstić information content (AvgIpc) is 2.65. The van der Waals surface area contributed by atoms with E-state index in [-0.39, 0.29) is 11.3 Å². The fraction of sp³-hybridized carbons (Fsp3) is 0.632. The van der Waals surface area contributed by atoms with E-state index in [9.17, 15) is 14.9 Å². The van der Waals surface area contributed by atoms with Gasteiger partial charge in [-0.05, 0) is 44.8 Å². The summed E-state index contributed by atoms with van der Waals surface area (Å²) >= 11 is 0. The van der Waals surface area contributed by atoms with Crippen LogP contribution in [0.15, 0.2) is 18.2 Å². The number of ether oxygens (including phenoxy) is 1.